The quantitative estimate of drug-likeness (QED) is 0.247. The largest absolute Gasteiger partial charge is 0.368 e. The summed E-state index contributed by atoms with van der Waals surface area (Å²) in [4.78, 5) is 11.9. The van der Waals surface area contributed by atoms with Crippen molar-refractivity contribution >= 4 is 22.7 Å². The molecule has 0 saturated carbocycles. The highest BCUT2D eigenvalue weighted by atomic mass is 15.4. The number of H-pyrrole nitrogens is 1. The fourth-order valence-electron chi connectivity index (χ4n) is 2.94. The van der Waals surface area contributed by atoms with E-state index in [-0.39, 0.29) is 5.95 Å². The van der Waals surface area contributed by atoms with Crippen molar-refractivity contribution in [3.8, 4) is 11.3 Å². The lowest BCUT2D eigenvalue weighted by atomic mass is 10.0. The van der Waals surface area contributed by atoms with E-state index in [0.717, 1.165) is 46.1 Å². The third-order valence-electron chi connectivity index (χ3n) is 4.05. The minimum Gasteiger partial charge on any atom is -0.368 e. The molecule has 0 aliphatic heterocycles. The van der Waals surface area contributed by atoms with Crippen LogP contribution in [-0.4, -0.2) is 32.8 Å². The van der Waals surface area contributed by atoms with Gasteiger partial charge in [0.15, 0.2) is 5.84 Å². The second-order valence-corrected chi connectivity index (χ2v) is 5.88. The molecule has 0 amide bonds. The van der Waals surface area contributed by atoms with Crippen molar-refractivity contribution in [1.29, 1.82) is 0 Å². The van der Waals surface area contributed by atoms with E-state index in [1.54, 1.807) is 13.2 Å². The molecule has 0 fully saturated rings. The molecule has 2 aromatic heterocycles. The normalized spacial score (nSPS) is 11.9. The van der Waals surface area contributed by atoms with E-state index < -0.39 is 0 Å². The monoisotopic (exact) mass is 338 g/mol. The Bertz CT molecular complexity index is 926. The Morgan fingerprint density at radius 3 is 2.84 bits per heavy atom. The highest BCUT2D eigenvalue weighted by Crippen LogP contribution is 2.31. The number of aromatic nitrogens is 3. The smallest absolute Gasteiger partial charge is 0.220 e. The molecular weight excluding hydrogens is 316 g/mol. The average Bonchev–Trinajstić information content (AvgIpc) is 3.00. The molecule has 130 valence electrons. The molecule has 3 aromatic rings. The number of aryl methyl sites for hydroxylation is 1. The first-order chi connectivity index (χ1) is 12.0. The van der Waals surface area contributed by atoms with Crippen LogP contribution in [0.15, 0.2) is 35.7 Å². The second-order valence-electron chi connectivity index (χ2n) is 5.88. The molecule has 0 radical (unpaired) electrons. The van der Waals surface area contributed by atoms with Crippen LogP contribution in [0.4, 0.5) is 5.95 Å². The Morgan fingerprint density at radius 2 is 2.16 bits per heavy atom. The van der Waals surface area contributed by atoms with E-state index in [2.05, 4.69) is 27.0 Å². The van der Waals surface area contributed by atoms with Crippen LogP contribution in [-0.2, 0) is 6.42 Å². The first-order valence-electron chi connectivity index (χ1n) is 8.04. The van der Waals surface area contributed by atoms with Gasteiger partial charge in [0.25, 0.3) is 0 Å². The first-order valence-corrected chi connectivity index (χ1v) is 8.04. The number of anilines is 1. The molecule has 3 rings (SSSR count). The van der Waals surface area contributed by atoms with Gasteiger partial charge in [-0.2, -0.15) is 5.10 Å². The fourth-order valence-corrected chi connectivity index (χ4v) is 2.94. The summed E-state index contributed by atoms with van der Waals surface area (Å²) in [7, 11) is 1.69. The maximum atomic E-state index is 5.81. The molecule has 7 N–H and O–H groups in total. The predicted octanol–water partition coefficient (Wildman–Crippen LogP) is 1.59. The van der Waals surface area contributed by atoms with Crippen molar-refractivity contribution in [3.05, 3.63) is 41.7 Å². The van der Waals surface area contributed by atoms with Gasteiger partial charge in [-0.25, -0.2) is 15.8 Å². The van der Waals surface area contributed by atoms with Crippen LogP contribution in [0.25, 0.3) is 22.2 Å². The maximum Gasteiger partial charge on any atom is 0.220 e. The molecular formula is C17H22N8. The lowest BCUT2D eigenvalue weighted by molar-refractivity contribution is 0.537. The lowest BCUT2D eigenvalue weighted by Crippen LogP contribution is -2.34. The zero-order valence-corrected chi connectivity index (χ0v) is 14.3. The summed E-state index contributed by atoms with van der Waals surface area (Å²) < 4.78 is 0. The summed E-state index contributed by atoms with van der Waals surface area (Å²) in [5, 5.41) is 6.17. The van der Waals surface area contributed by atoms with Crippen molar-refractivity contribution in [2.24, 2.45) is 16.8 Å². The Hall–Kier alpha value is -3.13. The van der Waals surface area contributed by atoms with Crippen LogP contribution in [0.1, 0.15) is 24.5 Å². The van der Waals surface area contributed by atoms with E-state index in [0.29, 0.717) is 5.84 Å². The van der Waals surface area contributed by atoms with Gasteiger partial charge in [0, 0.05) is 41.5 Å². The standard InChI is InChI=1S/C17H22N8/c1-3-4-11-8-22-17(18)23-15(11)13-9-21-14-7-10(5-6-12(13)14)16(24-19)25(2)20/h5-9,21H,3-4,19-20H2,1-2H3,(H2,18,22,23)/b24-16-. The zero-order valence-electron chi connectivity index (χ0n) is 14.3. The van der Waals surface area contributed by atoms with Crippen LogP contribution < -0.4 is 17.4 Å². The molecule has 0 aliphatic carbocycles. The SMILES string of the molecule is CCCc1cnc(N)nc1-c1c[nH]c2cc(/C(=N/N)N(C)N)ccc12. The Morgan fingerprint density at radius 1 is 1.36 bits per heavy atom. The van der Waals surface area contributed by atoms with Gasteiger partial charge < -0.3 is 16.6 Å². The maximum absolute atomic E-state index is 5.81. The Kier molecular flexibility index (Phi) is 4.53. The molecule has 0 spiro atoms. The molecule has 8 nitrogen and oxygen atoms in total. The Balaban J connectivity index is 2.13. The van der Waals surface area contributed by atoms with Gasteiger partial charge in [-0.05, 0) is 18.1 Å². The van der Waals surface area contributed by atoms with E-state index in [4.69, 9.17) is 17.4 Å². The summed E-state index contributed by atoms with van der Waals surface area (Å²) in [6.07, 6.45) is 5.63. The van der Waals surface area contributed by atoms with Crippen LogP contribution in [0.5, 0.6) is 0 Å². The minimum absolute atomic E-state index is 0.267. The number of nitrogens with zero attached hydrogens (tertiary/aromatic N) is 4. The van der Waals surface area contributed by atoms with Crippen molar-refractivity contribution in [2.75, 3.05) is 12.8 Å². The van der Waals surface area contributed by atoms with Crippen LogP contribution >= 0.6 is 0 Å². The van der Waals surface area contributed by atoms with Gasteiger partial charge in [0.05, 0.1) is 5.69 Å². The fraction of sp³-hybridized carbons (Fsp3) is 0.235. The molecule has 8 heteroatoms. The molecule has 0 aliphatic rings. The van der Waals surface area contributed by atoms with Crippen LogP contribution in [0.3, 0.4) is 0 Å². The van der Waals surface area contributed by atoms with Gasteiger partial charge >= 0.3 is 0 Å². The number of amidine groups is 1. The highest BCUT2D eigenvalue weighted by Gasteiger charge is 2.15. The van der Waals surface area contributed by atoms with Gasteiger partial charge in [0.1, 0.15) is 0 Å². The van der Waals surface area contributed by atoms with Gasteiger partial charge in [0.2, 0.25) is 5.95 Å². The summed E-state index contributed by atoms with van der Waals surface area (Å²) in [5.74, 6) is 12.0. The number of hydrogen-bond acceptors (Lipinski definition) is 6. The second kappa shape index (κ2) is 6.78. The van der Waals surface area contributed by atoms with Crippen LogP contribution in [0.2, 0.25) is 0 Å². The Labute approximate surface area is 145 Å². The third kappa shape index (κ3) is 3.11. The zero-order chi connectivity index (χ0) is 18.0. The van der Waals surface area contributed by atoms with Crippen molar-refractivity contribution < 1.29 is 0 Å². The van der Waals surface area contributed by atoms with Gasteiger partial charge in [-0.15, -0.1) is 0 Å². The molecule has 0 bridgehead atoms. The number of hydrazone groups is 1. The molecule has 25 heavy (non-hydrogen) atoms. The summed E-state index contributed by atoms with van der Waals surface area (Å²) >= 11 is 0. The summed E-state index contributed by atoms with van der Waals surface area (Å²) in [5.41, 5.74) is 10.5. The highest BCUT2D eigenvalue weighted by molar-refractivity contribution is 6.03. The average molecular weight is 338 g/mol. The van der Waals surface area contributed by atoms with Gasteiger partial charge in [-0.1, -0.05) is 25.5 Å². The van der Waals surface area contributed by atoms with Crippen molar-refractivity contribution in [2.45, 2.75) is 19.8 Å². The van der Waals surface area contributed by atoms with Gasteiger partial charge in [-0.3, -0.25) is 5.01 Å². The summed E-state index contributed by atoms with van der Waals surface area (Å²) in [6, 6.07) is 5.88. The minimum atomic E-state index is 0.267. The number of rotatable bonds is 4. The number of aromatic amines is 1. The van der Waals surface area contributed by atoms with E-state index in [1.165, 1.54) is 5.01 Å². The first kappa shape index (κ1) is 16.7. The van der Waals surface area contributed by atoms with E-state index in [1.807, 2.05) is 24.4 Å². The van der Waals surface area contributed by atoms with E-state index >= 15 is 0 Å². The summed E-state index contributed by atoms with van der Waals surface area (Å²) in [6.45, 7) is 2.12. The molecule has 0 saturated heterocycles. The number of nitrogen functional groups attached to an aromatic ring is 1. The molecule has 2 heterocycles. The number of benzene rings is 1. The third-order valence-corrected chi connectivity index (χ3v) is 4.05. The van der Waals surface area contributed by atoms with E-state index in [9.17, 15) is 0 Å². The predicted molar refractivity (Wildman–Crippen MR) is 100 cm³/mol. The van der Waals surface area contributed by atoms with Crippen molar-refractivity contribution in [1.82, 2.24) is 20.0 Å². The lowest BCUT2D eigenvalue weighted by Gasteiger charge is -2.14. The molecule has 0 unspecified atom stereocenters. The topological polar surface area (TPSA) is 135 Å². The van der Waals surface area contributed by atoms with Crippen molar-refractivity contribution in [3.63, 3.8) is 0 Å². The molecule has 0 atom stereocenters. The number of hydrogen-bond donors (Lipinski definition) is 4. The molecule has 1 aromatic carbocycles. The number of nitrogens with two attached hydrogens (primary N) is 3. The number of hydrazine groups is 1. The van der Waals surface area contributed by atoms with Crippen LogP contribution in [0, 0.1) is 0 Å². The number of nitrogens with one attached hydrogen (secondary N) is 1. The number of fused-ring (bicyclic) bond motifs is 1.